The molecule has 2 aliphatic rings. The maximum atomic E-state index is 13.5. The molecule has 1 aliphatic heterocycles. The lowest BCUT2D eigenvalue weighted by molar-refractivity contribution is -0.917. The van der Waals surface area contributed by atoms with Crippen molar-refractivity contribution in [3.8, 4) is 0 Å². The number of nitrogens with zero attached hydrogens (tertiary/aromatic N) is 2. The van der Waals surface area contributed by atoms with Gasteiger partial charge in [0.2, 0.25) is 0 Å². The van der Waals surface area contributed by atoms with E-state index in [0.29, 0.717) is 5.56 Å². The van der Waals surface area contributed by atoms with Gasteiger partial charge in [-0.15, -0.1) is 0 Å². The van der Waals surface area contributed by atoms with Crippen molar-refractivity contribution < 1.29 is 23.6 Å². The van der Waals surface area contributed by atoms with Gasteiger partial charge in [-0.05, 0) is 31.2 Å². The summed E-state index contributed by atoms with van der Waals surface area (Å²) in [6.07, 6.45) is 10.2. The summed E-state index contributed by atoms with van der Waals surface area (Å²) in [6, 6.07) is 11.3. The van der Waals surface area contributed by atoms with Crippen LogP contribution < -0.4 is 0 Å². The number of likely N-dealkylation sites (tertiary alicyclic amines) is 1. The van der Waals surface area contributed by atoms with Crippen LogP contribution >= 0.6 is 0 Å². The van der Waals surface area contributed by atoms with E-state index in [0.717, 1.165) is 81.2 Å². The molecule has 32 heavy (non-hydrogen) atoms. The van der Waals surface area contributed by atoms with Crippen molar-refractivity contribution in [1.82, 2.24) is 5.16 Å². The van der Waals surface area contributed by atoms with Crippen LogP contribution in [0.2, 0.25) is 0 Å². The molecule has 0 spiro atoms. The SMILES string of the molecule is C[N+]1(CCCc2ccon2)CCCC(OC(=O)[C@](O)(c2ccccc2)C2CCCCC2)C1. The third-order valence-electron chi connectivity index (χ3n) is 7.49. The number of ether oxygens (including phenoxy) is 1. The maximum Gasteiger partial charge on any atom is 0.343 e. The van der Waals surface area contributed by atoms with Gasteiger partial charge in [0, 0.05) is 24.8 Å². The second-order valence-electron chi connectivity index (χ2n) is 9.98. The van der Waals surface area contributed by atoms with Gasteiger partial charge in [-0.2, -0.15) is 0 Å². The summed E-state index contributed by atoms with van der Waals surface area (Å²) in [5.74, 6) is -0.547. The topological polar surface area (TPSA) is 72.6 Å². The molecule has 1 N–H and O–H groups in total. The normalized spacial score (nSPS) is 26.4. The first-order valence-corrected chi connectivity index (χ1v) is 12.2. The van der Waals surface area contributed by atoms with Crippen LogP contribution in [0.3, 0.4) is 0 Å². The lowest BCUT2D eigenvalue weighted by Crippen LogP contribution is -2.55. The van der Waals surface area contributed by atoms with Gasteiger partial charge in [0.1, 0.15) is 12.8 Å². The van der Waals surface area contributed by atoms with Gasteiger partial charge in [-0.3, -0.25) is 0 Å². The van der Waals surface area contributed by atoms with Gasteiger partial charge in [0.15, 0.2) is 11.7 Å². The molecule has 4 rings (SSSR count). The molecule has 0 amide bonds. The summed E-state index contributed by atoms with van der Waals surface area (Å²) in [5, 5.41) is 15.8. The third-order valence-corrected chi connectivity index (χ3v) is 7.49. The van der Waals surface area contributed by atoms with E-state index >= 15 is 0 Å². The Bertz CT molecular complexity index is 850. The molecule has 3 atom stereocenters. The smallest absolute Gasteiger partial charge is 0.343 e. The number of quaternary nitrogens is 1. The largest absolute Gasteiger partial charge is 0.454 e. The lowest BCUT2D eigenvalue weighted by atomic mass is 9.73. The molecule has 1 aliphatic carbocycles. The second-order valence-corrected chi connectivity index (χ2v) is 9.98. The van der Waals surface area contributed by atoms with Crippen molar-refractivity contribution in [2.75, 3.05) is 26.7 Å². The molecule has 0 radical (unpaired) electrons. The Morgan fingerprint density at radius 1 is 1.16 bits per heavy atom. The number of carbonyl (C=O) groups is 1. The number of rotatable bonds is 8. The highest BCUT2D eigenvalue weighted by atomic mass is 16.6. The van der Waals surface area contributed by atoms with E-state index in [1.54, 1.807) is 6.26 Å². The molecule has 2 heterocycles. The number of hydrogen-bond acceptors (Lipinski definition) is 5. The standard InChI is InChI=1S/C26H37N2O4/c1-28(17-8-14-23-16-19-31-27-23)18-9-15-24(20-28)32-25(29)26(30,21-10-4-2-5-11-21)22-12-6-3-7-13-22/h2,4-5,10-11,16,19,22,24,30H,3,6-9,12-15,17-18,20H2,1H3/q+1/t24?,26-,28?/m0/s1. The molecule has 1 aromatic carbocycles. The van der Waals surface area contributed by atoms with Crippen LogP contribution in [0.25, 0.3) is 0 Å². The van der Waals surface area contributed by atoms with Crippen LogP contribution in [0.15, 0.2) is 47.2 Å². The summed E-state index contributed by atoms with van der Waals surface area (Å²) >= 11 is 0. The Morgan fingerprint density at radius 3 is 2.66 bits per heavy atom. The molecule has 2 aromatic rings. The van der Waals surface area contributed by atoms with E-state index in [-0.39, 0.29) is 12.0 Å². The summed E-state index contributed by atoms with van der Waals surface area (Å²) in [6.45, 7) is 2.88. The van der Waals surface area contributed by atoms with Gasteiger partial charge in [0.25, 0.3) is 0 Å². The number of aromatic nitrogens is 1. The number of likely N-dealkylation sites (N-methyl/N-ethyl adjacent to an activating group) is 1. The highest BCUT2D eigenvalue weighted by Crippen LogP contribution is 2.41. The van der Waals surface area contributed by atoms with Gasteiger partial charge in [-0.1, -0.05) is 54.8 Å². The molecular formula is C26H37N2O4+. The minimum Gasteiger partial charge on any atom is -0.454 e. The first-order valence-electron chi connectivity index (χ1n) is 12.2. The summed E-state index contributed by atoms with van der Waals surface area (Å²) in [5.41, 5.74) is 0.0877. The number of piperidine rings is 1. The first-order chi connectivity index (χ1) is 15.5. The number of esters is 1. The first kappa shape index (κ1) is 23.0. The van der Waals surface area contributed by atoms with Gasteiger partial charge in [-0.25, -0.2) is 4.79 Å². The van der Waals surface area contributed by atoms with Crippen LogP contribution in [0.4, 0.5) is 0 Å². The van der Waals surface area contributed by atoms with E-state index in [1.807, 2.05) is 36.4 Å². The predicted molar refractivity (Wildman–Crippen MR) is 122 cm³/mol. The zero-order valence-electron chi connectivity index (χ0n) is 19.2. The van der Waals surface area contributed by atoms with Crippen LogP contribution in [0.1, 0.15) is 62.6 Å². The van der Waals surface area contributed by atoms with Crippen LogP contribution in [0, 0.1) is 5.92 Å². The second kappa shape index (κ2) is 10.2. The fourth-order valence-corrected chi connectivity index (χ4v) is 5.66. The Hall–Kier alpha value is -2.18. The highest BCUT2D eigenvalue weighted by molar-refractivity contribution is 5.81. The molecule has 0 bridgehead atoms. The van der Waals surface area contributed by atoms with Gasteiger partial charge < -0.3 is 18.8 Å². The van der Waals surface area contributed by atoms with Crippen molar-refractivity contribution in [2.45, 2.75) is 69.5 Å². The van der Waals surface area contributed by atoms with Crippen molar-refractivity contribution in [2.24, 2.45) is 5.92 Å². The number of aryl methyl sites for hydroxylation is 1. The van der Waals surface area contributed by atoms with Crippen LogP contribution in [-0.2, 0) is 21.6 Å². The van der Waals surface area contributed by atoms with Gasteiger partial charge >= 0.3 is 5.97 Å². The van der Waals surface area contributed by atoms with Crippen LogP contribution in [0.5, 0.6) is 0 Å². The van der Waals surface area contributed by atoms with Crippen molar-refractivity contribution in [3.63, 3.8) is 0 Å². The van der Waals surface area contributed by atoms with Crippen molar-refractivity contribution in [3.05, 3.63) is 53.9 Å². The van der Waals surface area contributed by atoms with E-state index in [1.165, 1.54) is 6.42 Å². The number of benzene rings is 1. The summed E-state index contributed by atoms with van der Waals surface area (Å²) in [7, 11) is 2.24. The minimum atomic E-state index is -1.56. The monoisotopic (exact) mass is 441 g/mol. The van der Waals surface area contributed by atoms with Crippen LogP contribution in [-0.4, -0.2) is 53.5 Å². The zero-order valence-corrected chi connectivity index (χ0v) is 19.2. The molecule has 6 heteroatoms. The lowest BCUT2D eigenvalue weighted by Gasteiger charge is -2.42. The fourth-order valence-electron chi connectivity index (χ4n) is 5.66. The van der Waals surface area contributed by atoms with E-state index in [4.69, 9.17) is 9.26 Å². The molecule has 1 saturated carbocycles. The van der Waals surface area contributed by atoms with Crippen molar-refractivity contribution >= 4 is 5.97 Å². The summed E-state index contributed by atoms with van der Waals surface area (Å²) in [4.78, 5) is 13.5. The number of carbonyl (C=O) groups excluding carboxylic acids is 1. The zero-order chi connectivity index (χ0) is 22.4. The minimum absolute atomic E-state index is 0.0851. The molecular weight excluding hydrogens is 404 g/mol. The Labute approximate surface area is 191 Å². The maximum absolute atomic E-state index is 13.5. The molecule has 2 fully saturated rings. The van der Waals surface area contributed by atoms with Crippen molar-refractivity contribution in [1.29, 1.82) is 0 Å². The Balaban J connectivity index is 1.42. The number of hydrogen-bond donors (Lipinski definition) is 1. The Kier molecular flexibility index (Phi) is 7.31. The molecule has 174 valence electrons. The molecule has 6 nitrogen and oxygen atoms in total. The molecule has 1 saturated heterocycles. The average Bonchev–Trinajstić information content (AvgIpc) is 3.33. The predicted octanol–water partition coefficient (Wildman–Crippen LogP) is 4.23. The highest BCUT2D eigenvalue weighted by Gasteiger charge is 2.48. The number of aliphatic hydroxyl groups is 1. The van der Waals surface area contributed by atoms with E-state index in [2.05, 4.69) is 12.2 Å². The molecule has 1 aromatic heterocycles. The summed E-state index contributed by atoms with van der Waals surface area (Å²) < 4.78 is 11.9. The molecule has 2 unspecified atom stereocenters. The van der Waals surface area contributed by atoms with E-state index in [9.17, 15) is 9.90 Å². The van der Waals surface area contributed by atoms with E-state index < -0.39 is 11.6 Å². The fraction of sp³-hybridized carbons (Fsp3) is 0.615. The quantitative estimate of drug-likeness (QED) is 0.490. The van der Waals surface area contributed by atoms with Gasteiger partial charge in [0.05, 0.1) is 25.8 Å². The average molecular weight is 442 g/mol. The third kappa shape index (κ3) is 5.24. The Morgan fingerprint density at radius 2 is 1.94 bits per heavy atom.